The van der Waals surface area contributed by atoms with Crippen LogP contribution in [0, 0.1) is 17.2 Å². The zero-order valence-electron chi connectivity index (χ0n) is 17.1. The van der Waals surface area contributed by atoms with Crippen LogP contribution < -0.4 is 16.4 Å². The van der Waals surface area contributed by atoms with Crippen molar-refractivity contribution in [2.75, 3.05) is 11.9 Å². The second-order valence-electron chi connectivity index (χ2n) is 8.37. The van der Waals surface area contributed by atoms with E-state index in [2.05, 4.69) is 21.8 Å². The molecule has 0 saturated heterocycles. The van der Waals surface area contributed by atoms with Crippen molar-refractivity contribution in [3.8, 4) is 6.07 Å². The summed E-state index contributed by atoms with van der Waals surface area (Å²) in [6, 6.07) is 9.39. The average Bonchev–Trinajstić information content (AvgIpc) is 3.13. The van der Waals surface area contributed by atoms with Crippen LogP contribution in [0.1, 0.15) is 49.5 Å². The Kier molecular flexibility index (Phi) is 6.66. The summed E-state index contributed by atoms with van der Waals surface area (Å²) in [5.74, 6) is -0.524. The molecule has 0 bridgehead atoms. The summed E-state index contributed by atoms with van der Waals surface area (Å²) >= 11 is 5.92. The minimum atomic E-state index is -0.591. The maximum absolute atomic E-state index is 12.0. The molecule has 1 amide bonds. The van der Waals surface area contributed by atoms with Crippen LogP contribution in [0.25, 0.3) is 0 Å². The van der Waals surface area contributed by atoms with Crippen LogP contribution >= 0.6 is 11.6 Å². The molecular weight excluding hydrogens is 404 g/mol. The number of rotatable bonds is 7. The summed E-state index contributed by atoms with van der Waals surface area (Å²) in [7, 11) is 0. The Morgan fingerprint density at radius 1 is 1.40 bits per heavy atom. The number of hydrogen-bond acceptors (Lipinski definition) is 6. The van der Waals surface area contributed by atoms with Gasteiger partial charge in [-0.25, -0.2) is 0 Å². The molecule has 1 heterocycles. The minimum Gasteiger partial charge on any atom is -0.394 e. The number of primary amides is 1. The summed E-state index contributed by atoms with van der Waals surface area (Å²) in [4.78, 5) is 12.0. The van der Waals surface area contributed by atoms with Gasteiger partial charge in [0.15, 0.2) is 5.82 Å². The molecule has 3 atom stereocenters. The van der Waals surface area contributed by atoms with Crippen LogP contribution in [0.2, 0.25) is 5.02 Å². The Morgan fingerprint density at radius 3 is 2.70 bits per heavy atom. The van der Waals surface area contributed by atoms with E-state index in [1.165, 1.54) is 0 Å². The lowest BCUT2D eigenvalue weighted by molar-refractivity contribution is 0.100. The maximum Gasteiger partial charge on any atom is 0.254 e. The molecule has 8 nitrogen and oxygen atoms in total. The van der Waals surface area contributed by atoms with Crippen LogP contribution in [-0.2, 0) is 0 Å². The van der Waals surface area contributed by atoms with Crippen molar-refractivity contribution in [3.63, 3.8) is 0 Å². The highest BCUT2D eigenvalue weighted by molar-refractivity contribution is 6.30. The molecule has 1 aromatic heterocycles. The maximum atomic E-state index is 12.0. The number of nitriles is 1. The molecule has 160 valence electrons. The highest BCUT2D eigenvalue weighted by Gasteiger charge is 2.35. The summed E-state index contributed by atoms with van der Waals surface area (Å²) in [5, 5.41) is 30.9. The van der Waals surface area contributed by atoms with Gasteiger partial charge >= 0.3 is 0 Å². The van der Waals surface area contributed by atoms with Gasteiger partial charge in [-0.05, 0) is 57.4 Å². The van der Waals surface area contributed by atoms with E-state index >= 15 is 0 Å². The van der Waals surface area contributed by atoms with Crippen molar-refractivity contribution in [2.45, 2.75) is 50.7 Å². The van der Waals surface area contributed by atoms with E-state index in [-0.39, 0.29) is 30.2 Å². The van der Waals surface area contributed by atoms with E-state index in [1.54, 1.807) is 35.1 Å². The third-order valence-corrected chi connectivity index (χ3v) is 5.67. The topological polar surface area (TPSA) is 129 Å². The van der Waals surface area contributed by atoms with E-state index in [0.29, 0.717) is 17.3 Å². The molecule has 30 heavy (non-hydrogen) atoms. The number of aliphatic hydroxyl groups is 1. The number of aliphatic hydroxyl groups excluding tert-OH is 1. The summed E-state index contributed by atoms with van der Waals surface area (Å²) in [6.07, 6.45) is 3.80. The third-order valence-electron chi connectivity index (χ3n) is 5.41. The smallest absolute Gasteiger partial charge is 0.254 e. The number of nitrogens with one attached hydrogen (secondary N) is 2. The molecule has 0 aliphatic heterocycles. The number of benzene rings is 1. The van der Waals surface area contributed by atoms with Crippen molar-refractivity contribution >= 4 is 29.0 Å². The largest absolute Gasteiger partial charge is 0.394 e. The molecular formula is C21H27ClN6O2. The van der Waals surface area contributed by atoms with Gasteiger partial charge in [-0.15, -0.1) is 0 Å². The molecule has 3 rings (SSSR count). The van der Waals surface area contributed by atoms with E-state index in [0.717, 1.165) is 18.5 Å². The zero-order valence-corrected chi connectivity index (χ0v) is 17.9. The average molecular weight is 431 g/mol. The fourth-order valence-corrected chi connectivity index (χ4v) is 3.97. The number of amides is 1. The summed E-state index contributed by atoms with van der Waals surface area (Å²) in [5.41, 5.74) is 6.14. The summed E-state index contributed by atoms with van der Waals surface area (Å²) in [6.45, 7) is 3.88. The molecule has 1 aliphatic carbocycles. The van der Waals surface area contributed by atoms with Gasteiger partial charge in [-0.3, -0.25) is 9.48 Å². The number of aromatic nitrogens is 2. The van der Waals surface area contributed by atoms with Gasteiger partial charge in [-0.1, -0.05) is 11.6 Å². The molecule has 1 aliphatic rings. The molecule has 5 N–H and O–H groups in total. The Morgan fingerprint density at radius 2 is 2.10 bits per heavy atom. The van der Waals surface area contributed by atoms with Crippen molar-refractivity contribution in [1.82, 2.24) is 15.1 Å². The van der Waals surface area contributed by atoms with Crippen LogP contribution in [0.4, 0.5) is 11.5 Å². The van der Waals surface area contributed by atoms with E-state index in [9.17, 15) is 15.2 Å². The van der Waals surface area contributed by atoms with Crippen molar-refractivity contribution in [2.24, 2.45) is 11.7 Å². The van der Waals surface area contributed by atoms with Gasteiger partial charge in [0.2, 0.25) is 0 Å². The Balaban J connectivity index is 1.80. The van der Waals surface area contributed by atoms with Gasteiger partial charge in [0, 0.05) is 28.5 Å². The fourth-order valence-electron chi connectivity index (χ4n) is 3.84. The number of carbonyl (C=O) groups is 1. The lowest BCUT2D eigenvalue weighted by Crippen LogP contribution is -2.50. The number of nitrogens with zero attached hydrogens (tertiary/aromatic N) is 3. The molecule has 1 aromatic carbocycles. The molecule has 2 aromatic rings. The molecule has 1 fully saturated rings. The quantitative estimate of drug-likeness (QED) is 0.534. The van der Waals surface area contributed by atoms with E-state index < -0.39 is 11.4 Å². The Hall–Kier alpha value is -2.60. The highest BCUT2D eigenvalue weighted by atomic mass is 35.5. The van der Waals surface area contributed by atoms with E-state index in [4.69, 9.17) is 17.3 Å². The van der Waals surface area contributed by atoms with Gasteiger partial charge in [0.1, 0.15) is 5.56 Å². The molecule has 9 heteroatoms. The molecule has 1 saturated carbocycles. The first kappa shape index (κ1) is 22.1. The fraction of sp³-hybridized carbons (Fsp3) is 0.476. The van der Waals surface area contributed by atoms with Gasteiger partial charge in [-0.2, -0.15) is 10.4 Å². The van der Waals surface area contributed by atoms with Crippen LogP contribution in [0.3, 0.4) is 0 Å². The SMILES string of the molecule is CC(C)(CO)N[C@H]1CCC(n2cc(C(N)=O)c(Nc3ccc(Cl)cc3)n2)[C@@H](C#N)C1. The van der Waals surface area contributed by atoms with Crippen molar-refractivity contribution < 1.29 is 9.90 Å². The monoisotopic (exact) mass is 430 g/mol. The predicted octanol–water partition coefficient (Wildman–Crippen LogP) is 2.97. The van der Waals surface area contributed by atoms with E-state index in [1.807, 2.05) is 13.8 Å². The number of nitrogens with two attached hydrogens (primary N) is 1. The standard InChI is InChI=1S/C21H27ClN6O2/c1-21(2,12-29)26-16-7-8-18(13(9-16)10-23)28-11-17(19(24)30)20(27-28)25-15-5-3-14(22)4-6-15/h3-6,11,13,16,18,26,29H,7-9,12H2,1-2H3,(H2,24,30)(H,25,27)/t13-,16+,18?/m1/s1. The van der Waals surface area contributed by atoms with Gasteiger partial charge in [0.05, 0.1) is 24.6 Å². The number of carbonyl (C=O) groups excluding carboxylic acids is 1. The lowest BCUT2D eigenvalue weighted by Gasteiger charge is -2.37. The Labute approximate surface area is 181 Å². The normalized spacial score (nSPS) is 21.8. The number of hydrogen-bond donors (Lipinski definition) is 4. The minimum absolute atomic E-state index is 0.0189. The summed E-state index contributed by atoms with van der Waals surface area (Å²) < 4.78 is 1.68. The third kappa shape index (κ3) is 5.11. The zero-order chi connectivity index (χ0) is 21.9. The highest BCUT2D eigenvalue weighted by Crippen LogP contribution is 2.35. The van der Waals surface area contributed by atoms with Gasteiger partial charge in [0.25, 0.3) is 5.91 Å². The second-order valence-corrected chi connectivity index (χ2v) is 8.80. The second kappa shape index (κ2) is 9.04. The number of halogens is 1. The first-order valence-electron chi connectivity index (χ1n) is 9.92. The first-order valence-corrected chi connectivity index (χ1v) is 10.3. The van der Waals surface area contributed by atoms with Crippen LogP contribution in [0.15, 0.2) is 30.5 Å². The Bertz CT molecular complexity index is 934. The first-order chi connectivity index (χ1) is 14.2. The molecule has 0 spiro atoms. The lowest BCUT2D eigenvalue weighted by atomic mass is 9.81. The molecule has 1 unspecified atom stereocenters. The van der Waals surface area contributed by atoms with Crippen LogP contribution in [0.5, 0.6) is 0 Å². The van der Waals surface area contributed by atoms with Crippen molar-refractivity contribution in [3.05, 3.63) is 41.0 Å². The number of anilines is 2. The molecule has 0 radical (unpaired) electrons. The predicted molar refractivity (Wildman–Crippen MR) is 116 cm³/mol. The van der Waals surface area contributed by atoms with Gasteiger partial charge < -0.3 is 21.5 Å². The van der Waals surface area contributed by atoms with Crippen molar-refractivity contribution in [1.29, 1.82) is 5.26 Å². The van der Waals surface area contributed by atoms with Crippen LogP contribution in [-0.4, -0.2) is 39.0 Å².